The second-order valence-corrected chi connectivity index (χ2v) is 5.77. The van der Waals surface area contributed by atoms with E-state index in [1.165, 1.54) is 0 Å². The fourth-order valence-electron chi connectivity index (χ4n) is 2.81. The number of piperidine rings is 1. The number of rotatable bonds is 6. The fraction of sp³-hybridized carbons (Fsp3) is 0.529. The van der Waals surface area contributed by atoms with Crippen LogP contribution in [-0.4, -0.2) is 47.6 Å². The molecule has 6 nitrogen and oxygen atoms in total. The van der Waals surface area contributed by atoms with Gasteiger partial charge < -0.3 is 15.2 Å². The number of carbonyl (C=O) groups is 2. The van der Waals surface area contributed by atoms with Gasteiger partial charge in [0.15, 0.2) is 0 Å². The molecule has 1 fully saturated rings. The lowest BCUT2D eigenvalue weighted by Gasteiger charge is -2.34. The van der Waals surface area contributed by atoms with E-state index in [4.69, 9.17) is 9.84 Å². The molecule has 2 atom stereocenters. The number of carboxylic acids is 1. The van der Waals surface area contributed by atoms with Crippen molar-refractivity contribution in [3.05, 3.63) is 24.3 Å². The molecule has 1 aromatic carbocycles. The lowest BCUT2D eigenvalue weighted by molar-refractivity contribution is -0.144. The van der Waals surface area contributed by atoms with Crippen LogP contribution in [0.4, 0.5) is 5.69 Å². The molecule has 0 saturated carbocycles. The second kappa shape index (κ2) is 9.49. The van der Waals surface area contributed by atoms with E-state index in [0.717, 1.165) is 13.0 Å². The lowest BCUT2D eigenvalue weighted by Crippen LogP contribution is -2.48. The second-order valence-electron chi connectivity index (χ2n) is 5.77. The maximum atomic E-state index is 12.5. The average Bonchev–Trinajstić information content (AvgIpc) is 2.56. The summed E-state index contributed by atoms with van der Waals surface area (Å²) in [7, 11) is 0. The Kier molecular flexibility index (Phi) is 8.01. The number of halogens is 1. The van der Waals surface area contributed by atoms with E-state index < -0.39 is 11.9 Å². The predicted octanol–water partition coefficient (Wildman–Crippen LogP) is 2.63. The Morgan fingerprint density at radius 3 is 2.79 bits per heavy atom. The summed E-state index contributed by atoms with van der Waals surface area (Å²) >= 11 is 0. The number of hydrogen-bond acceptors (Lipinski definition) is 4. The number of likely N-dealkylation sites (tertiary alicyclic amines) is 1. The quantitative estimate of drug-likeness (QED) is 0.819. The van der Waals surface area contributed by atoms with Crippen LogP contribution in [0.5, 0.6) is 5.75 Å². The van der Waals surface area contributed by atoms with Gasteiger partial charge in [0.1, 0.15) is 5.75 Å². The minimum absolute atomic E-state index is 0. The molecule has 2 rings (SSSR count). The first-order valence-electron chi connectivity index (χ1n) is 8.02. The molecule has 24 heavy (non-hydrogen) atoms. The smallest absolute Gasteiger partial charge is 0.307 e. The fourth-order valence-corrected chi connectivity index (χ4v) is 2.81. The number of amides is 1. The zero-order valence-corrected chi connectivity index (χ0v) is 14.8. The highest BCUT2D eigenvalue weighted by molar-refractivity contribution is 5.95. The number of carboxylic acid groups (broad SMARTS) is 1. The number of aliphatic carboxylic acids is 1. The van der Waals surface area contributed by atoms with E-state index in [0.29, 0.717) is 31.0 Å². The third-order valence-electron chi connectivity index (χ3n) is 4.17. The molecular weight excluding hydrogens is 332 g/mol. The summed E-state index contributed by atoms with van der Waals surface area (Å²) in [5, 5.41) is 12.0. The van der Waals surface area contributed by atoms with Gasteiger partial charge in [-0.2, -0.15) is 0 Å². The van der Waals surface area contributed by atoms with E-state index in [2.05, 4.69) is 5.32 Å². The van der Waals surface area contributed by atoms with Crippen LogP contribution in [0.15, 0.2) is 24.3 Å². The van der Waals surface area contributed by atoms with Crippen molar-refractivity contribution in [2.45, 2.75) is 32.7 Å². The molecule has 0 bridgehead atoms. The van der Waals surface area contributed by atoms with Crippen LogP contribution in [0.3, 0.4) is 0 Å². The standard InChI is InChI=1S/C17H24N2O4.ClH/c1-3-23-15-9-5-4-8-14(15)18-16(20)12(2)19-10-6-7-13(11-19)17(21)22;/h4-5,8-9,12-13H,3,6-7,10-11H2,1-2H3,(H,18,20)(H,21,22);1H. The Labute approximate surface area is 148 Å². The van der Waals surface area contributed by atoms with Gasteiger partial charge in [0.05, 0.1) is 24.3 Å². The molecule has 2 N–H and O–H groups in total. The molecule has 1 aromatic rings. The van der Waals surface area contributed by atoms with E-state index in [1.807, 2.05) is 36.9 Å². The molecule has 0 aromatic heterocycles. The zero-order valence-electron chi connectivity index (χ0n) is 14.0. The Morgan fingerprint density at radius 1 is 1.42 bits per heavy atom. The first kappa shape index (κ1) is 20.3. The van der Waals surface area contributed by atoms with Crippen LogP contribution in [0, 0.1) is 5.92 Å². The third-order valence-corrected chi connectivity index (χ3v) is 4.17. The normalized spacial score (nSPS) is 19.0. The Morgan fingerprint density at radius 2 is 2.12 bits per heavy atom. The highest BCUT2D eigenvalue weighted by atomic mass is 35.5. The van der Waals surface area contributed by atoms with Crippen LogP contribution in [-0.2, 0) is 9.59 Å². The number of anilines is 1. The van der Waals surface area contributed by atoms with Crippen molar-refractivity contribution in [1.82, 2.24) is 4.90 Å². The Balaban J connectivity index is 0.00000288. The molecule has 134 valence electrons. The van der Waals surface area contributed by atoms with Crippen molar-refractivity contribution < 1.29 is 19.4 Å². The van der Waals surface area contributed by atoms with Crippen molar-refractivity contribution in [3.63, 3.8) is 0 Å². The molecule has 0 radical (unpaired) electrons. The van der Waals surface area contributed by atoms with E-state index in [1.54, 1.807) is 6.07 Å². The molecule has 1 heterocycles. The Bertz CT molecular complexity index is 567. The van der Waals surface area contributed by atoms with Crippen LogP contribution in [0.1, 0.15) is 26.7 Å². The van der Waals surface area contributed by atoms with Crippen molar-refractivity contribution in [2.24, 2.45) is 5.92 Å². The summed E-state index contributed by atoms with van der Waals surface area (Å²) in [6, 6.07) is 6.92. The molecule has 0 spiro atoms. The summed E-state index contributed by atoms with van der Waals surface area (Å²) in [6.45, 7) is 5.38. The van der Waals surface area contributed by atoms with Gasteiger partial charge in [0.25, 0.3) is 0 Å². The van der Waals surface area contributed by atoms with E-state index in [9.17, 15) is 9.59 Å². The largest absolute Gasteiger partial charge is 0.492 e. The van der Waals surface area contributed by atoms with E-state index >= 15 is 0 Å². The van der Waals surface area contributed by atoms with Gasteiger partial charge in [0, 0.05) is 6.54 Å². The van der Waals surface area contributed by atoms with Crippen molar-refractivity contribution in [1.29, 1.82) is 0 Å². The minimum Gasteiger partial charge on any atom is -0.492 e. The van der Waals surface area contributed by atoms with Crippen molar-refractivity contribution in [2.75, 3.05) is 25.0 Å². The summed E-state index contributed by atoms with van der Waals surface area (Å²) in [5.74, 6) is -0.695. The van der Waals surface area contributed by atoms with Gasteiger partial charge in [0.2, 0.25) is 5.91 Å². The van der Waals surface area contributed by atoms with Crippen LogP contribution >= 0.6 is 12.4 Å². The maximum Gasteiger partial charge on any atom is 0.307 e. The summed E-state index contributed by atoms with van der Waals surface area (Å²) in [6.07, 6.45) is 1.47. The number of benzene rings is 1. The van der Waals surface area contributed by atoms with Gasteiger partial charge in [-0.1, -0.05) is 12.1 Å². The van der Waals surface area contributed by atoms with E-state index in [-0.39, 0.29) is 24.4 Å². The SMILES string of the molecule is CCOc1ccccc1NC(=O)C(C)N1CCCC(C(=O)O)C1.Cl. The highest BCUT2D eigenvalue weighted by Crippen LogP contribution is 2.25. The topological polar surface area (TPSA) is 78.9 Å². The van der Waals surface area contributed by atoms with Crippen LogP contribution in [0.2, 0.25) is 0 Å². The first-order chi connectivity index (χ1) is 11.0. The molecule has 1 aliphatic heterocycles. The number of carbonyl (C=O) groups excluding carboxylic acids is 1. The van der Waals surface area contributed by atoms with Crippen LogP contribution in [0.25, 0.3) is 0 Å². The minimum atomic E-state index is -0.788. The summed E-state index contributed by atoms with van der Waals surface area (Å²) in [5.41, 5.74) is 0.637. The van der Waals surface area contributed by atoms with Crippen molar-refractivity contribution >= 4 is 30.0 Å². The third kappa shape index (κ3) is 5.11. The summed E-state index contributed by atoms with van der Waals surface area (Å²) < 4.78 is 5.51. The molecule has 1 saturated heterocycles. The average molecular weight is 357 g/mol. The van der Waals surface area contributed by atoms with Gasteiger partial charge in [-0.15, -0.1) is 12.4 Å². The zero-order chi connectivity index (χ0) is 16.8. The van der Waals surface area contributed by atoms with Crippen molar-refractivity contribution in [3.8, 4) is 5.75 Å². The van der Waals surface area contributed by atoms with Gasteiger partial charge in [-0.05, 0) is 45.4 Å². The number of hydrogen-bond donors (Lipinski definition) is 2. The molecule has 1 aliphatic rings. The number of ether oxygens (including phenoxy) is 1. The Hall–Kier alpha value is -1.79. The first-order valence-corrected chi connectivity index (χ1v) is 8.02. The lowest BCUT2D eigenvalue weighted by atomic mass is 9.97. The van der Waals surface area contributed by atoms with Gasteiger partial charge in [-0.25, -0.2) is 0 Å². The number of nitrogens with zero attached hydrogens (tertiary/aromatic N) is 1. The molecule has 2 unspecified atom stereocenters. The molecule has 1 amide bonds. The summed E-state index contributed by atoms with van der Waals surface area (Å²) in [4.78, 5) is 25.6. The van der Waals surface area contributed by atoms with Gasteiger partial charge in [-0.3, -0.25) is 14.5 Å². The predicted molar refractivity (Wildman–Crippen MR) is 94.9 cm³/mol. The van der Waals surface area contributed by atoms with Gasteiger partial charge >= 0.3 is 5.97 Å². The van der Waals surface area contributed by atoms with Crippen LogP contribution < -0.4 is 10.1 Å². The monoisotopic (exact) mass is 356 g/mol. The molecule has 0 aliphatic carbocycles. The number of nitrogens with one attached hydrogen (secondary N) is 1. The molecular formula is C17H25ClN2O4. The maximum absolute atomic E-state index is 12.5. The molecule has 7 heteroatoms. The highest BCUT2D eigenvalue weighted by Gasteiger charge is 2.30. The number of para-hydroxylation sites is 2.